The number of aryl methyl sites for hydroxylation is 1. The van der Waals surface area contributed by atoms with Gasteiger partial charge in [-0.3, -0.25) is 13.7 Å². The Balaban J connectivity index is 1.90. The molecule has 220 valence electrons. The van der Waals surface area contributed by atoms with Crippen molar-refractivity contribution in [1.29, 1.82) is 0 Å². The van der Waals surface area contributed by atoms with Crippen molar-refractivity contribution >= 4 is 69.6 Å². The molecule has 0 amide bonds. The fourth-order valence-corrected chi connectivity index (χ4v) is 5.40. The van der Waals surface area contributed by atoms with Crippen LogP contribution >= 0.6 is 0 Å². The zero-order valence-corrected chi connectivity index (χ0v) is 24.0. The van der Waals surface area contributed by atoms with Gasteiger partial charge in [-0.1, -0.05) is 6.07 Å². The van der Waals surface area contributed by atoms with Gasteiger partial charge in [0.2, 0.25) is 0 Å². The van der Waals surface area contributed by atoms with E-state index in [9.17, 15) is 38.9 Å². The van der Waals surface area contributed by atoms with Crippen LogP contribution in [0, 0.1) is 6.92 Å². The van der Waals surface area contributed by atoms with Crippen molar-refractivity contribution in [3.63, 3.8) is 0 Å². The fraction of sp³-hybridized carbons (Fsp3) is 0.0833. The Morgan fingerprint density at radius 1 is 0.619 bits per heavy atom. The predicted octanol–water partition coefficient (Wildman–Crippen LogP) is 5.31. The first-order valence-electron chi connectivity index (χ1n) is 11.4. The minimum absolute atomic E-state index is 0.0229. The Kier molecular flexibility index (Phi) is 8.13. The molecular weight excluding hydrogens is 614 g/mol. The Bertz CT molecular complexity index is 2130. The Hall–Kier alpha value is -4.33. The Labute approximate surface area is 239 Å². The van der Waals surface area contributed by atoms with Crippen LogP contribution in [0.15, 0.2) is 95.8 Å². The number of ether oxygens (including phenoxy) is 1. The van der Waals surface area contributed by atoms with E-state index in [1.807, 2.05) is 0 Å². The van der Waals surface area contributed by atoms with E-state index in [2.05, 4.69) is 20.5 Å². The average molecular weight is 636 g/mol. The van der Waals surface area contributed by atoms with Gasteiger partial charge in [-0.2, -0.15) is 30.4 Å². The van der Waals surface area contributed by atoms with Gasteiger partial charge in [0.15, 0.2) is 0 Å². The molecule has 5 N–H and O–H groups in total. The standard InChI is InChI=1S/C24H21N5O10S3/c1-13-9-18(25)23(39-2)12-21(13)28-27-20-7-6-19(16-5-3-14(10-17(16)20)40(30,31)32)26-29-22-11-15(41(33,34)35)4-8-24(22)42(36,37)38/h3-12H,25H2,1-2H3,(H,30,31,32)(H,33,34,35)(H,36,37,38). The number of nitrogens with two attached hydrogens (primary N) is 1. The maximum atomic E-state index is 11.8. The highest BCUT2D eigenvalue weighted by Gasteiger charge is 2.20. The quantitative estimate of drug-likeness (QED) is 0.110. The molecule has 42 heavy (non-hydrogen) atoms. The summed E-state index contributed by atoms with van der Waals surface area (Å²) in [6.07, 6.45) is 0. The molecule has 0 aliphatic carbocycles. The van der Waals surface area contributed by atoms with Crippen LogP contribution in [0.2, 0.25) is 0 Å². The van der Waals surface area contributed by atoms with Crippen molar-refractivity contribution in [1.82, 2.24) is 0 Å². The molecule has 0 fully saturated rings. The summed E-state index contributed by atoms with van der Waals surface area (Å²) in [4.78, 5) is -1.98. The minimum Gasteiger partial charge on any atom is -0.495 e. The number of anilines is 1. The Morgan fingerprint density at radius 2 is 1.14 bits per heavy atom. The first-order valence-corrected chi connectivity index (χ1v) is 15.7. The molecule has 0 aliphatic heterocycles. The van der Waals surface area contributed by atoms with E-state index in [0.29, 0.717) is 28.8 Å². The van der Waals surface area contributed by atoms with Crippen LogP contribution in [0.5, 0.6) is 5.75 Å². The minimum atomic E-state index is -4.89. The van der Waals surface area contributed by atoms with Crippen LogP contribution in [0.25, 0.3) is 10.8 Å². The molecule has 0 spiro atoms. The molecule has 0 bridgehead atoms. The van der Waals surface area contributed by atoms with Crippen molar-refractivity contribution < 1.29 is 43.6 Å². The summed E-state index contributed by atoms with van der Waals surface area (Å²) >= 11 is 0. The van der Waals surface area contributed by atoms with Crippen molar-refractivity contribution in [2.75, 3.05) is 12.8 Å². The molecule has 0 aromatic heterocycles. The largest absolute Gasteiger partial charge is 0.495 e. The zero-order chi connectivity index (χ0) is 31.0. The van der Waals surface area contributed by atoms with Crippen LogP contribution in [0.4, 0.5) is 28.4 Å². The van der Waals surface area contributed by atoms with Gasteiger partial charge in [-0.05, 0) is 61.0 Å². The first-order chi connectivity index (χ1) is 19.5. The number of hydrogen-bond acceptors (Lipinski definition) is 12. The normalized spacial score (nSPS) is 12.9. The maximum absolute atomic E-state index is 11.8. The van der Waals surface area contributed by atoms with Crippen LogP contribution in [-0.4, -0.2) is 46.0 Å². The lowest BCUT2D eigenvalue weighted by Crippen LogP contribution is -2.02. The summed E-state index contributed by atoms with van der Waals surface area (Å²) in [5.74, 6) is 0.353. The molecule has 0 aliphatic rings. The van der Waals surface area contributed by atoms with Gasteiger partial charge < -0.3 is 10.5 Å². The highest BCUT2D eigenvalue weighted by molar-refractivity contribution is 7.86. The third kappa shape index (κ3) is 6.59. The third-order valence-corrected chi connectivity index (χ3v) is 8.43. The van der Waals surface area contributed by atoms with Crippen molar-refractivity contribution in [3.05, 3.63) is 66.2 Å². The van der Waals surface area contributed by atoms with Gasteiger partial charge >= 0.3 is 0 Å². The predicted molar refractivity (Wildman–Crippen MR) is 150 cm³/mol. The lowest BCUT2D eigenvalue weighted by Gasteiger charge is -2.09. The topological polar surface area (TPSA) is 248 Å². The number of methoxy groups -OCH3 is 1. The smallest absolute Gasteiger partial charge is 0.296 e. The van der Waals surface area contributed by atoms with E-state index in [4.69, 9.17) is 10.5 Å². The van der Waals surface area contributed by atoms with Gasteiger partial charge in [-0.25, -0.2) is 0 Å². The number of nitrogen functional groups attached to an aromatic ring is 1. The SMILES string of the molecule is COc1cc(N=Nc2ccc(N=Nc3cc(S(=O)(=O)O)ccc3S(=O)(=O)O)c3ccc(S(=O)(=O)O)cc23)c(C)cc1N. The van der Waals surface area contributed by atoms with E-state index in [1.54, 1.807) is 19.1 Å². The maximum Gasteiger partial charge on any atom is 0.296 e. The van der Waals surface area contributed by atoms with Crippen LogP contribution in [0.3, 0.4) is 0 Å². The molecule has 0 heterocycles. The summed E-state index contributed by atoms with van der Waals surface area (Å²) < 4.78 is 104. The van der Waals surface area contributed by atoms with Gasteiger partial charge in [0.25, 0.3) is 30.4 Å². The summed E-state index contributed by atoms with van der Waals surface area (Å²) in [5.41, 5.74) is 6.87. The summed E-state index contributed by atoms with van der Waals surface area (Å²) in [6.45, 7) is 1.74. The highest BCUT2D eigenvalue weighted by Crippen LogP contribution is 2.38. The monoisotopic (exact) mass is 635 g/mol. The molecule has 0 unspecified atom stereocenters. The molecule has 0 radical (unpaired) electrons. The first kappa shape index (κ1) is 30.6. The lowest BCUT2D eigenvalue weighted by molar-refractivity contribution is 0.417. The van der Waals surface area contributed by atoms with Crippen LogP contribution < -0.4 is 10.5 Å². The van der Waals surface area contributed by atoms with Crippen LogP contribution in [-0.2, 0) is 30.4 Å². The number of hydrogen-bond donors (Lipinski definition) is 4. The van der Waals surface area contributed by atoms with Gasteiger partial charge in [-0.15, -0.1) is 15.3 Å². The van der Waals surface area contributed by atoms with Gasteiger partial charge in [0.05, 0.1) is 39.7 Å². The van der Waals surface area contributed by atoms with Crippen molar-refractivity contribution in [2.45, 2.75) is 21.6 Å². The third-order valence-electron chi connectivity index (χ3n) is 5.83. The summed E-state index contributed by atoms with van der Waals surface area (Å²) in [7, 11) is -12.9. The molecule has 4 rings (SSSR count). The molecule has 0 saturated carbocycles. The van der Waals surface area contributed by atoms with Crippen LogP contribution in [0.1, 0.15) is 5.56 Å². The van der Waals surface area contributed by atoms with E-state index in [0.717, 1.165) is 24.3 Å². The van der Waals surface area contributed by atoms with Gasteiger partial charge in [0.1, 0.15) is 16.3 Å². The second-order valence-corrected chi connectivity index (χ2v) is 12.9. The molecular formula is C24H21N5O10S3. The molecule has 18 heteroatoms. The van der Waals surface area contributed by atoms with E-state index in [-0.39, 0.29) is 22.1 Å². The van der Waals surface area contributed by atoms with Crippen molar-refractivity contribution in [3.8, 4) is 5.75 Å². The van der Waals surface area contributed by atoms with Gasteiger partial charge in [0, 0.05) is 16.8 Å². The fourth-order valence-electron chi connectivity index (χ4n) is 3.78. The zero-order valence-electron chi connectivity index (χ0n) is 21.6. The number of nitrogens with zero attached hydrogens (tertiary/aromatic N) is 4. The number of fused-ring (bicyclic) bond motifs is 1. The highest BCUT2D eigenvalue weighted by atomic mass is 32.2. The van der Waals surface area contributed by atoms with E-state index >= 15 is 0 Å². The molecule has 4 aromatic rings. The average Bonchev–Trinajstić information content (AvgIpc) is 2.89. The Morgan fingerprint density at radius 3 is 1.71 bits per heavy atom. The molecule has 15 nitrogen and oxygen atoms in total. The second-order valence-electron chi connectivity index (χ2n) is 8.65. The lowest BCUT2D eigenvalue weighted by atomic mass is 10.1. The molecule has 4 aromatic carbocycles. The number of rotatable bonds is 8. The van der Waals surface area contributed by atoms with Crippen molar-refractivity contribution in [2.24, 2.45) is 20.5 Å². The number of benzene rings is 4. The van der Waals surface area contributed by atoms with E-state index in [1.165, 1.54) is 25.3 Å². The summed E-state index contributed by atoms with van der Waals surface area (Å²) in [5, 5.41) is 16.5. The number of azo groups is 2. The molecule has 0 atom stereocenters. The second kappa shape index (κ2) is 11.2. The molecule has 0 saturated heterocycles. The van der Waals surface area contributed by atoms with E-state index < -0.39 is 50.7 Å². The summed E-state index contributed by atoms with van der Waals surface area (Å²) in [6, 6.07) is 11.6.